The number of hydrogen-bond acceptors (Lipinski definition) is 5. The molecule has 9 heteroatoms. The van der Waals surface area contributed by atoms with Crippen molar-refractivity contribution in [2.45, 2.75) is 13.0 Å². The van der Waals surface area contributed by atoms with E-state index in [0.717, 1.165) is 0 Å². The van der Waals surface area contributed by atoms with Gasteiger partial charge in [0.15, 0.2) is 0 Å². The number of hydrogen-bond donors (Lipinski definition) is 3. The Balaban J connectivity index is 1.53. The number of urea groups is 1. The van der Waals surface area contributed by atoms with Crippen LogP contribution in [0.1, 0.15) is 17.3 Å². The standard InChI is InChI=1S/C19H22N4O5/c1-13(18(25)23-6-9-27-10-7-23)20-19(26)22-16-4-2-3-15(11-16)21-17(24)14-5-8-28-12-14/h2-5,8,11-13H,6-7,9-10H2,1H3,(H,21,24)(H2,20,22,26)/t13-/m0/s1. The molecule has 1 aliphatic rings. The Bertz CT molecular complexity index is 831. The number of benzene rings is 1. The van der Waals surface area contributed by atoms with E-state index in [1.54, 1.807) is 42.2 Å². The monoisotopic (exact) mass is 386 g/mol. The third kappa shape index (κ3) is 5.10. The third-order valence-electron chi connectivity index (χ3n) is 4.20. The lowest BCUT2D eigenvalue weighted by atomic mass is 10.2. The van der Waals surface area contributed by atoms with Crippen molar-refractivity contribution < 1.29 is 23.5 Å². The fourth-order valence-corrected chi connectivity index (χ4v) is 2.75. The zero-order chi connectivity index (χ0) is 19.9. The Morgan fingerprint density at radius 1 is 1.07 bits per heavy atom. The highest BCUT2D eigenvalue weighted by Crippen LogP contribution is 2.16. The van der Waals surface area contributed by atoms with Crippen LogP contribution in [-0.2, 0) is 9.53 Å². The number of ether oxygens (including phenoxy) is 1. The van der Waals surface area contributed by atoms with Gasteiger partial charge in [0.2, 0.25) is 5.91 Å². The van der Waals surface area contributed by atoms with Gasteiger partial charge in [-0.15, -0.1) is 0 Å². The Morgan fingerprint density at radius 3 is 2.46 bits per heavy atom. The summed E-state index contributed by atoms with van der Waals surface area (Å²) >= 11 is 0. The fourth-order valence-electron chi connectivity index (χ4n) is 2.75. The number of rotatable bonds is 5. The maximum absolute atomic E-state index is 12.3. The van der Waals surface area contributed by atoms with Crippen LogP contribution >= 0.6 is 0 Å². The average molecular weight is 386 g/mol. The first-order valence-electron chi connectivity index (χ1n) is 8.90. The van der Waals surface area contributed by atoms with Crippen LogP contribution in [-0.4, -0.2) is 55.1 Å². The van der Waals surface area contributed by atoms with Crippen LogP contribution < -0.4 is 16.0 Å². The molecule has 0 spiro atoms. The molecule has 1 fully saturated rings. The second-order valence-corrected chi connectivity index (χ2v) is 6.30. The molecule has 1 aromatic carbocycles. The van der Waals surface area contributed by atoms with E-state index in [0.29, 0.717) is 43.2 Å². The van der Waals surface area contributed by atoms with Gasteiger partial charge >= 0.3 is 6.03 Å². The van der Waals surface area contributed by atoms with Crippen LogP contribution in [0.4, 0.5) is 16.2 Å². The van der Waals surface area contributed by atoms with Crippen molar-refractivity contribution in [2.24, 2.45) is 0 Å². The normalized spacial score (nSPS) is 14.8. The van der Waals surface area contributed by atoms with E-state index >= 15 is 0 Å². The lowest BCUT2D eigenvalue weighted by Gasteiger charge is -2.29. The minimum absolute atomic E-state index is 0.153. The van der Waals surface area contributed by atoms with Crippen molar-refractivity contribution in [3.05, 3.63) is 48.4 Å². The van der Waals surface area contributed by atoms with E-state index in [9.17, 15) is 14.4 Å². The molecule has 0 saturated carbocycles. The van der Waals surface area contributed by atoms with Crippen molar-refractivity contribution in [3.8, 4) is 0 Å². The first-order valence-corrected chi connectivity index (χ1v) is 8.90. The van der Waals surface area contributed by atoms with E-state index < -0.39 is 12.1 Å². The van der Waals surface area contributed by atoms with E-state index in [1.165, 1.54) is 12.5 Å². The molecule has 3 N–H and O–H groups in total. The SMILES string of the molecule is C[C@H](NC(=O)Nc1cccc(NC(=O)c2ccoc2)c1)C(=O)N1CCOCC1. The molecule has 28 heavy (non-hydrogen) atoms. The lowest BCUT2D eigenvalue weighted by molar-refractivity contribution is -0.136. The van der Waals surface area contributed by atoms with E-state index in [2.05, 4.69) is 16.0 Å². The first-order chi connectivity index (χ1) is 13.5. The highest BCUT2D eigenvalue weighted by molar-refractivity contribution is 6.04. The van der Waals surface area contributed by atoms with Crippen LogP contribution in [0.25, 0.3) is 0 Å². The summed E-state index contributed by atoms with van der Waals surface area (Å²) in [4.78, 5) is 38.3. The topological polar surface area (TPSA) is 113 Å². The molecular formula is C19H22N4O5. The van der Waals surface area contributed by atoms with Crippen molar-refractivity contribution >= 4 is 29.2 Å². The predicted octanol–water partition coefficient (Wildman–Crippen LogP) is 1.90. The molecule has 148 valence electrons. The molecule has 1 aliphatic heterocycles. The van der Waals surface area contributed by atoms with Crippen molar-refractivity contribution in [1.29, 1.82) is 0 Å². The van der Waals surface area contributed by atoms with Crippen LogP contribution in [0, 0.1) is 0 Å². The highest BCUT2D eigenvalue weighted by Gasteiger charge is 2.23. The number of amides is 4. The summed E-state index contributed by atoms with van der Waals surface area (Å²) in [6, 6.07) is 7.08. The molecule has 9 nitrogen and oxygen atoms in total. The molecule has 2 aromatic rings. The first kappa shape index (κ1) is 19.4. The summed E-state index contributed by atoms with van der Waals surface area (Å²) in [5, 5.41) is 8.01. The summed E-state index contributed by atoms with van der Waals surface area (Å²) in [5.74, 6) is -0.473. The van der Waals surface area contributed by atoms with Crippen LogP contribution in [0.3, 0.4) is 0 Å². The fraction of sp³-hybridized carbons (Fsp3) is 0.316. The number of carbonyl (C=O) groups is 3. The van der Waals surface area contributed by atoms with Crippen LogP contribution in [0.15, 0.2) is 47.3 Å². The minimum Gasteiger partial charge on any atom is -0.472 e. The van der Waals surface area contributed by atoms with E-state index in [4.69, 9.17) is 9.15 Å². The quantitative estimate of drug-likeness (QED) is 0.726. The van der Waals surface area contributed by atoms with Gasteiger partial charge in [-0.05, 0) is 31.2 Å². The zero-order valence-corrected chi connectivity index (χ0v) is 15.4. The van der Waals surface area contributed by atoms with Crippen molar-refractivity contribution in [2.75, 3.05) is 36.9 Å². The zero-order valence-electron chi connectivity index (χ0n) is 15.4. The molecule has 0 aliphatic carbocycles. The number of furan rings is 1. The molecular weight excluding hydrogens is 364 g/mol. The lowest BCUT2D eigenvalue weighted by Crippen LogP contribution is -2.51. The Hall–Kier alpha value is -3.33. The largest absolute Gasteiger partial charge is 0.472 e. The smallest absolute Gasteiger partial charge is 0.319 e. The van der Waals surface area contributed by atoms with E-state index in [-0.39, 0.29) is 11.8 Å². The number of anilines is 2. The highest BCUT2D eigenvalue weighted by atomic mass is 16.5. The Kier molecular flexibility index (Phi) is 6.28. The Labute approximate surface area is 162 Å². The second kappa shape index (κ2) is 9.05. The number of nitrogens with one attached hydrogen (secondary N) is 3. The van der Waals surface area contributed by atoms with Crippen molar-refractivity contribution in [3.63, 3.8) is 0 Å². The number of nitrogens with zero attached hydrogens (tertiary/aromatic N) is 1. The van der Waals surface area contributed by atoms with Gasteiger partial charge < -0.3 is 30.0 Å². The third-order valence-corrected chi connectivity index (χ3v) is 4.20. The summed E-state index contributed by atoms with van der Waals surface area (Å²) in [5.41, 5.74) is 1.39. The van der Waals surface area contributed by atoms with Gasteiger partial charge in [-0.25, -0.2) is 4.79 Å². The maximum atomic E-state index is 12.3. The molecule has 1 saturated heterocycles. The second-order valence-electron chi connectivity index (χ2n) is 6.30. The molecule has 1 atom stereocenters. The van der Waals surface area contributed by atoms with Gasteiger partial charge in [0.25, 0.3) is 5.91 Å². The van der Waals surface area contributed by atoms with Crippen LogP contribution in [0.5, 0.6) is 0 Å². The van der Waals surface area contributed by atoms with Gasteiger partial charge in [-0.2, -0.15) is 0 Å². The van der Waals surface area contributed by atoms with Gasteiger partial charge in [-0.1, -0.05) is 6.07 Å². The molecule has 4 amide bonds. The molecule has 3 rings (SSSR count). The molecule has 0 bridgehead atoms. The van der Waals surface area contributed by atoms with Gasteiger partial charge in [0.05, 0.1) is 25.0 Å². The predicted molar refractivity (Wildman–Crippen MR) is 102 cm³/mol. The molecule has 0 radical (unpaired) electrons. The van der Waals surface area contributed by atoms with Gasteiger partial charge in [0, 0.05) is 24.5 Å². The number of morpholine rings is 1. The summed E-state index contributed by atoms with van der Waals surface area (Å²) in [6.07, 6.45) is 2.76. The maximum Gasteiger partial charge on any atom is 0.319 e. The molecule has 0 unspecified atom stereocenters. The Morgan fingerprint density at radius 2 is 1.79 bits per heavy atom. The van der Waals surface area contributed by atoms with Crippen molar-refractivity contribution in [1.82, 2.24) is 10.2 Å². The number of carbonyl (C=O) groups excluding carboxylic acids is 3. The molecule has 2 heterocycles. The van der Waals surface area contributed by atoms with Gasteiger partial charge in [-0.3, -0.25) is 9.59 Å². The summed E-state index contributed by atoms with van der Waals surface area (Å²) in [7, 11) is 0. The van der Waals surface area contributed by atoms with Gasteiger partial charge in [0.1, 0.15) is 12.3 Å². The summed E-state index contributed by atoms with van der Waals surface area (Å²) < 4.78 is 10.1. The average Bonchev–Trinajstić information content (AvgIpc) is 3.23. The summed E-state index contributed by atoms with van der Waals surface area (Å²) in [6.45, 7) is 3.68. The van der Waals surface area contributed by atoms with Crippen LogP contribution in [0.2, 0.25) is 0 Å². The minimum atomic E-state index is -0.665. The molecule has 1 aromatic heterocycles. The van der Waals surface area contributed by atoms with E-state index in [1.807, 2.05) is 0 Å².